The molecule has 0 saturated carbocycles. The van der Waals surface area contributed by atoms with Crippen molar-refractivity contribution in [1.29, 1.82) is 0 Å². The fraction of sp³-hybridized carbons (Fsp3) is 0.450. The number of benzene rings is 1. The van der Waals surface area contributed by atoms with Gasteiger partial charge >= 0.3 is 0 Å². The predicted octanol–water partition coefficient (Wildman–Crippen LogP) is 4.71. The summed E-state index contributed by atoms with van der Waals surface area (Å²) < 4.78 is 6.41. The lowest BCUT2D eigenvalue weighted by atomic mass is 9.81. The Hall–Kier alpha value is -1.85. The molecule has 4 rings (SSSR count). The maximum Gasteiger partial charge on any atom is 0.224 e. The first-order valence-corrected chi connectivity index (χ1v) is 9.82. The number of anilines is 1. The predicted molar refractivity (Wildman–Crippen MR) is 106 cm³/mol. The second-order valence-electron chi connectivity index (χ2n) is 7.51. The van der Waals surface area contributed by atoms with Gasteiger partial charge in [-0.1, -0.05) is 11.6 Å². The zero-order chi connectivity index (χ0) is 19.3. The highest BCUT2D eigenvalue weighted by molar-refractivity contribution is 6.32. The Kier molecular flexibility index (Phi) is 4.55. The number of ketones is 1. The molecular formula is C20H21Cl2N3O2. The first-order valence-electron chi connectivity index (χ1n) is 9.06. The quantitative estimate of drug-likeness (QED) is 0.642. The number of nitrogens with zero attached hydrogens (tertiary/aromatic N) is 3. The van der Waals surface area contributed by atoms with Crippen LogP contribution in [-0.4, -0.2) is 34.4 Å². The summed E-state index contributed by atoms with van der Waals surface area (Å²) in [6.07, 6.45) is 1.89. The van der Waals surface area contributed by atoms with Gasteiger partial charge in [-0.25, -0.2) is 9.97 Å². The van der Waals surface area contributed by atoms with E-state index in [0.29, 0.717) is 22.8 Å². The first-order chi connectivity index (χ1) is 12.8. The van der Waals surface area contributed by atoms with E-state index in [4.69, 9.17) is 27.9 Å². The molecular weight excluding hydrogens is 385 g/mol. The summed E-state index contributed by atoms with van der Waals surface area (Å²) in [6.45, 7) is 7.23. The maximum atomic E-state index is 12.9. The third kappa shape index (κ3) is 3.27. The van der Waals surface area contributed by atoms with Crippen molar-refractivity contribution in [3.05, 3.63) is 44.8 Å². The summed E-state index contributed by atoms with van der Waals surface area (Å²) in [5.74, 6) is 1.61. The lowest BCUT2D eigenvalue weighted by Crippen LogP contribution is -2.51. The zero-order valence-electron chi connectivity index (χ0n) is 15.6. The van der Waals surface area contributed by atoms with Gasteiger partial charge in [0.05, 0.1) is 12.0 Å². The number of fused-ring (bicyclic) bond motifs is 1. The lowest BCUT2D eigenvalue weighted by Gasteiger charge is -2.44. The molecule has 5 nitrogen and oxygen atoms in total. The molecule has 0 atom stereocenters. The molecule has 3 heterocycles. The summed E-state index contributed by atoms with van der Waals surface area (Å²) in [7, 11) is 0. The van der Waals surface area contributed by atoms with Crippen molar-refractivity contribution in [2.24, 2.45) is 0 Å². The Morgan fingerprint density at radius 1 is 1.11 bits per heavy atom. The van der Waals surface area contributed by atoms with Crippen LogP contribution in [0.4, 0.5) is 5.82 Å². The molecule has 2 aliphatic heterocycles. The van der Waals surface area contributed by atoms with Gasteiger partial charge in [-0.15, -0.1) is 0 Å². The van der Waals surface area contributed by atoms with E-state index in [1.54, 1.807) is 0 Å². The number of piperidine rings is 1. The molecule has 2 aromatic rings. The number of hydrogen-bond acceptors (Lipinski definition) is 5. The number of aromatic nitrogens is 2. The smallest absolute Gasteiger partial charge is 0.224 e. The molecule has 0 unspecified atom stereocenters. The van der Waals surface area contributed by atoms with Crippen molar-refractivity contribution in [1.82, 2.24) is 9.97 Å². The van der Waals surface area contributed by atoms with Crippen LogP contribution in [0.15, 0.2) is 12.1 Å². The number of ether oxygens (including phenoxy) is 1. The van der Waals surface area contributed by atoms with Crippen molar-refractivity contribution < 1.29 is 9.53 Å². The third-order valence-electron chi connectivity index (χ3n) is 5.54. The minimum Gasteiger partial charge on any atom is -0.486 e. The molecule has 1 saturated heterocycles. The molecule has 0 radical (unpaired) electrons. The normalized spacial score (nSPS) is 18.4. The van der Waals surface area contributed by atoms with Crippen molar-refractivity contribution in [2.75, 3.05) is 18.0 Å². The molecule has 0 N–H and O–H groups in total. The van der Waals surface area contributed by atoms with Gasteiger partial charge in [0.25, 0.3) is 0 Å². The van der Waals surface area contributed by atoms with Crippen LogP contribution in [0.5, 0.6) is 5.75 Å². The maximum absolute atomic E-state index is 12.9. The van der Waals surface area contributed by atoms with E-state index in [2.05, 4.69) is 14.9 Å². The molecule has 27 heavy (non-hydrogen) atoms. The van der Waals surface area contributed by atoms with Crippen LogP contribution in [0.25, 0.3) is 0 Å². The van der Waals surface area contributed by atoms with Crippen LogP contribution in [0.2, 0.25) is 10.3 Å². The Labute approximate surface area is 168 Å². The highest BCUT2D eigenvalue weighted by Gasteiger charge is 2.44. The topological polar surface area (TPSA) is 55.3 Å². The second-order valence-corrected chi connectivity index (χ2v) is 8.23. The van der Waals surface area contributed by atoms with Crippen LogP contribution < -0.4 is 9.64 Å². The number of hydrogen-bond donors (Lipinski definition) is 0. The van der Waals surface area contributed by atoms with E-state index in [1.165, 1.54) is 0 Å². The first kappa shape index (κ1) is 18.5. The van der Waals surface area contributed by atoms with E-state index in [9.17, 15) is 4.79 Å². The van der Waals surface area contributed by atoms with Crippen LogP contribution in [0.1, 0.15) is 46.4 Å². The average molecular weight is 406 g/mol. The van der Waals surface area contributed by atoms with Gasteiger partial charge in [0, 0.05) is 42.7 Å². The van der Waals surface area contributed by atoms with Crippen molar-refractivity contribution in [2.45, 2.75) is 45.6 Å². The minimum atomic E-state index is -0.459. The van der Waals surface area contributed by atoms with Gasteiger partial charge < -0.3 is 9.64 Å². The summed E-state index contributed by atoms with van der Waals surface area (Å²) in [4.78, 5) is 23.5. The third-order valence-corrected chi connectivity index (χ3v) is 6.30. The van der Waals surface area contributed by atoms with Crippen LogP contribution in [0.3, 0.4) is 0 Å². The number of carbonyl (C=O) groups excluding carboxylic acids is 1. The van der Waals surface area contributed by atoms with Gasteiger partial charge in [0.15, 0.2) is 5.78 Å². The lowest BCUT2D eigenvalue weighted by molar-refractivity contribution is 0.0229. The molecule has 1 fully saturated rings. The number of halogens is 2. The van der Waals surface area contributed by atoms with Gasteiger partial charge in [-0.05, 0) is 49.6 Å². The largest absolute Gasteiger partial charge is 0.486 e. The SMILES string of the molecule is Cc1cc(N2CCC3(CC2)CC(=O)c2c(cc(C)c(Cl)c2C)O3)nc(Cl)n1. The fourth-order valence-corrected chi connectivity index (χ4v) is 4.47. The number of aryl methyl sites for hydroxylation is 2. The fourth-order valence-electron chi connectivity index (χ4n) is 4.10. The average Bonchev–Trinajstić information content (AvgIpc) is 2.59. The Morgan fingerprint density at radius 3 is 2.48 bits per heavy atom. The van der Waals surface area contributed by atoms with Crippen molar-refractivity contribution in [3.8, 4) is 5.75 Å². The van der Waals surface area contributed by atoms with E-state index in [1.807, 2.05) is 32.9 Å². The number of carbonyl (C=O) groups is 1. The number of rotatable bonds is 1. The molecule has 0 aliphatic carbocycles. The molecule has 2 aliphatic rings. The highest BCUT2D eigenvalue weighted by atomic mass is 35.5. The molecule has 1 aromatic carbocycles. The minimum absolute atomic E-state index is 0.116. The number of Topliss-reactive ketones (excluding diaryl/α,β-unsaturated/α-hetero) is 1. The summed E-state index contributed by atoms with van der Waals surface area (Å²) in [5, 5.41) is 0.901. The van der Waals surface area contributed by atoms with Crippen molar-refractivity contribution >= 4 is 34.8 Å². The molecule has 7 heteroatoms. The van der Waals surface area contributed by atoms with E-state index < -0.39 is 5.60 Å². The van der Waals surface area contributed by atoms with Gasteiger partial charge in [-0.3, -0.25) is 4.79 Å². The molecule has 142 valence electrons. The van der Waals surface area contributed by atoms with E-state index in [0.717, 1.165) is 48.6 Å². The van der Waals surface area contributed by atoms with Crippen molar-refractivity contribution in [3.63, 3.8) is 0 Å². The summed E-state index contributed by atoms with van der Waals surface area (Å²) >= 11 is 12.3. The van der Waals surface area contributed by atoms with Gasteiger partial charge in [0.1, 0.15) is 17.2 Å². The monoisotopic (exact) mass is 405 g/mol. The molecule has 0 bridgehead atoms. The standard InChI is InChI=1S/C20H21Cl2N3O2/c1-11-8-15-17(13(3)18(11)21)14(26)10-20(27-15)4-6-25(7-5-20)16-9-12(2)23-19(22)24-16/h8-9H,4-7,10H2,1-3H3. The second kappa shape index (κ2) is 6.64. The highest BCUT2D eigenvalue weighted by Crippen LogP contribution is 2.43. The Balaban J connectivity index is 1.58. The van der Waals surface area contributed by atoms with Gasteiger partial charge in [-0.2, -0.15) is 0 Å². The molecule has 1 aromatic heterocycles. The summed E-state index contributed by atoms with van der Waals surface area (Å²) in [5.41, 5.74) is 2.76. The van der Waals surface area contributed by atoms with Crippen LogP contribution >= 0.6 is 23.2 Å². The molecule has 0 amide bonds. The Morgan fingerprint density at radius 2 is 1.81 bits per heavy atom. The van der Waals surface area contributed by atoms with E-state index >= 15 is 0 Å². The van der Waals surface area contributed by atoms with E-state index in [-0.39, 0.29) is 11.1 Å². The zero-order valence-corrected chi connectivity index (χ0v) is 17.1. The van der Waals surface area contributed by atoms with Crippen LogP contribution in [-0.2, 0) is 0 Å². The van der Waals surface area contributed by atoms with Gasteiger partial charge in [0.2, 0.25) is 5.28 Å². The van der Waals surface area contributed by atoms with Crippen LogP contribution in [0, 0.1) is 20.8 Å². The molecule has 1 spiro atoms. The summed E-state index contributed by atoms with van der Waals surface area (Å²) in [6, 6.07) is 3.82. The Bertz CT molecular complexity index is 917.